The van der Waals surface area contributed by atoms with Crippen LogP contribution in [0.1, 0.15) is 113 Å². The summed E-state index contributed by atoms with van der Waals surface area (Å²) >= 11 is 5.82. The van der Waals surface area contributed by atoms with Gasteiger partial charge < -0.3 is 9.47 Å². The molecule has 5 nitrogen and oxygen atoms in total. The molecule has 0 aromatic heterocycles. The fourth-order valence-corrected chi connectivity index (χ4v) is 11.6. The minimum atomic E-state index is -0.330. The maximum Gasteiger partial charge on any atom is 0.321 e. The molecule has 7 unspecified atom stereocenters. The summed E-state index contributed by atoms with van der Waals surface area (Å²) in [5, 5.41) is 0. The van der Waals surface area contributed by atoms with Crippen molar-refractivity contribution in [2.24, 2.45) is 50.7 Å². The number of hydrogen-bond donors (Lipinski definition) is 0. The Morgan fingerprint density at radius 2 is 1.62 bits per heavy atom. The van der Waals surface area contributed by atoms with Crippen LogP contribution in [0.3, 0.4) is 0 Å². The Morgan fingerprint density at radius 3 is 2.25 bits per heavy atom. The number of fused-ring (bicyclic) bond motifs is 7. The summed E-state index contributed by atoms with van der Waals surface area (Å²) in [6, 6.07) is 0. The topological polar surface area (TPSA) is 69.7 Å². The molecule has 0 N–H and O–H groups in total. The zero-order valence-electron chi connectivity index (χ0n) is 26.1. The number of ether oxygens (including phenoxy) is 2. The van der Waals surface area contributed by atoms with E-state index in [9.17, 15) is 14.4 Å². The lowest BCUT2D eigenvalue weighted by Crippen LogP contribution is -2.66. The van der Waals surface area contributed by atoms with Gasteiger partial charge in [0.15, 0.2) is 5.78 Å². The number of carbonyl (C=O) groups excluding carboxylic acids is 3. The van der Waals surface area contributed by atoms with Gasteiger partial charge in [-0.3, -0.25) is 14.4 Å². The lowest BCUT2D eigenvalue weighted by atomic mass is 9.33. The van der Waals surface area contributed by atoms with Gasteiger partial charge in [0.2, 0.25) is 0 Å². The normalized spacial score (nSPS) is 43.9. The van der Waals surface area contributed by atoms with Crippen LogP contribution in [0, 0.1) is 50.7 Å². The minimum Gasteiger partial charge on any atom is -0.465 e. The van der Waals surface area contributed by atoms with Crippen LogP contribution >= 0.6 is 11.6 Å². The molecule has 4 fully saturated rings. The molecule has 0 saturated heterocycles. The van der Waals surface area contributed by atoms with Gasteiger partial charge in [-0.2, -0.15) is 0 Å². The van der Waals surface area contributed by atoms with Crippen molar-refractivity contribution in [3.63, 3.8) is 0 Å². The highest BCUT2D eigenvalue weighted by Gasteiger charge is 2.70. The molecule has 5 aliphatic carbocycles. The number of esters is 2. The van der Waals surface area contributed by atoms with Crippen LogP contribution in [0.2, 0.25) is 0 Å². The zero-order chi connectivity index (χ0) is 29.5. The highest BCUT2D eigenvalue weighted by Crippen LogP contribution is 2.76. The Hall–Kier alpha value is -1.36. The van der Waals surface area contributed by atoms with Crippen LogP contribution in [0.4, 0.5) is 0 Å². The predicted molar refractivity (Wildman–Crippen MR) is 157 cm³/mol. The van der Waals surface area contributed by atoms with Crippen molar-refractivity contribution in [1.29, 1.82) is 0 Å². The van der Waals surface area contributed by atoms with Gasteiger partial charge in [0.05, 0.1) is 0 Å². The summed E-state index contributed by atoms with van der Waals surface area (Å²) in [7, 11) is 0. The third-order valence-corrected chi connectivity index (χ3v) is 13.7. The average molecular weight is 575 g/mol. The molecule has 0 radical (unpaired) electrons. The van der Waals surface area contributed by atoms with Crippen molar-refractivity contribution in [2.45, 2.75) is 119 Å². The van der Waals surface area contributed by atoms with E-state index in [1.54, 1.807) is 0 Å². The molecule has 0 aromatic rings. The van der Waals surface area contributed by atoms with Crippen molar-refractivity contribution in [3.05, 3.63) is 11.1 Å². The quantitative estimate of drug-likeness (QED) is 0.249. The van der Waals surface area contributed by atoms with Crippen LogP contribution in [0.15, 0.2) is 11.1 Å². The smallest absolute Gasteiger partial charge is 0.321 e. The first-order valence-electron chi connectivity index (χ1n) is 15.7. The van der Waals surface area contributed by atoms with Gasteiger partial charge in [-0.25, -0.2) is 0 Å². The highest BCUT2D eigenvalue weighted by molar-refractivity contribution is 6.26. The van der Waals surface area contributed by atoms with E-state index in [1.165, 1.54) is 12.5 Å². The summed E-state index contributed by atoms with van der Waals surface area (Å²) < 4.78 is 11.6. The van der Waals surface area contributed by atoms with Gasteiger partial charge >= 0.3 is 11.9 Å². The third-order valence-electron chi connectivity index (χ3n) is 13.4. The SMILES string of the molecule is CC(=O)OC[C@@]12CCC3(C)C(CCC4C5(C)CCC(OC(=O)CCl)C(C)(C)C5CCC43C)C1=C(C(C)C)C(=O)C2. The van der Waals surface area contributed by atoms with E-state index in [0.29, 0.717) is 30.8 Å². The van der Waals surface area contributed by atoms with Gasteiger partial charge in [-0.1, -0.05) is 48.5 Å². The van der Waals surface area contributed by atoms with Gasteiger partial charge in [-0.15, -0.1) is 11.6 Å². The molecule has 0 spiro atoms. The molecular formula is C34H51ClO5. The van der Waals surface area contributed by atoms with E-state index in [1.807, 2.05) is 0 Å². The molecule has 4 saturated carbocycles. The molecule has 5 aliphatic rings. The number of hydrogen-bond acceptors (Lipinski definition) is 5. The van der Waals surface area contributed by atoms with E-state index in [-0.39, 0.29) is 62.7 Å². The summed E-state index contributed by atoms with van der Waals surface area (Å²) in [5.41, 5.74) is 2.34. The van der Waals surface area contributed by atoms with Gasteiger partial charge in [0.1, 0.15) is 18.6 Å². The van der Waals surface area contributed by atoms with E-state index in [4.69, 9.17) is 21.1 Å². The maximum absolute atomic E-state index is 13.6. The molecule has 6 heteroatoms. The predicted octanol–water partition coefficient (Wildman–Crippen LogP) is 7.68. The Labute approximate surface area is 246 Å². The number of carbonyl (C=O) groups is 3. The van der Waals surface area contributed by atoms with E-state index < -0.39 is 0 Å². The van der Waals surface area contributed by atoms with E-state index in [2.05, 4.69) is 48.5 Å². The number of halogens is 1. The van der Waals surface area contributed by atoms with Crippen molar-refractivity contribution < 1.29 is 23.9 Å². The number of rotatable bonds is 5. The zero-order valence-corrected chi connectivity index (χ0v) is 26.8. The average Bonchev–Trinajstić information content (AvgIpc) is 3.17. The first-order chi connectivity index (χ1) is 18.6. The molecular weight excluding hydrogens is 524 g/mol. The molecule has 224 valence electrons. The first kappa shape index (κ1) is 30.1. The van der Waals surface area contributed by atoms with Crippen LogP contribution in [-0.4, -0.2) is 36.3 Å². The first-order valence-corrected chi connectivity index (χ1v) is 16.3. The Bertz CT molecular complexity index is 1120. The second-order valence-corrected chi connectivity index (χ2v) is 16.0. The van der Waals surface area contributed by atoms with Crippen molar-refractivity contribution in [2.75, 3.05) is 12.5 Å². The molecule has 0 aromatic carbocycles. The molecule has 0 aliphatic heterocycles. The van der Waals surface area contributed by atoms with Crippen molar-refractivity contribution in [1.82, 2.24) is 0 Å². The molecule has 5 rings (SSSR count). The van der Waals surface area contributed by atoms with Crippen LogP contribution in [0.5, 0.6) is 0 Å². The van der Waals surface area contributed by atoms with E-state index in [0.717, 1.165) is 56.9 Å². The van der Waals surface area contributed by atoms with Crippen LogP contribution in [-0.2, 0) is 23.9 Å². The van der Waals surface area contributed by atoms with Crippen molar-refractivity contribution in [3.8, 4) is 0 Å². The van der Waals surface area contributed by atoms with Crippen LogP contribution < -0.4 is 0 Å². The lowest BCUT2D eigenvalue weighted by molar-refractivity contribution is -0.233. The Kier molecular flexibility index (Phi) is 7.41. The largest absolute Gasteiger partial charge is 0.465 e. The highest BCUT2D eigenvalue weighted by atomic mass is 35.5. The standard InChI is InChI=1S/C34H51ClO5/c1-20(2)28-23(37)17-34(19-39-21(3)36)16-15-32(7)22(29(28)34)9-10-25-31(6)13-12-26(40-27(38)18-35)30(4,5)24(31)11-14-33(25,32)8/h20,22,24-26H,9-19H2,1-8H3/t22?,24?,25?,26?,31?,32?,33?,34-/m0/s1. The molecule has 8 atom stereocenters. The Morgan fingerprint density at radius 1 is 0.925 bits per heavy atom. The van der Waals surface area contributed by atoms with Gasteiger partial charge in [-0.05, 0) is 102 Å². The molecule has 0 amide bonds. The summed E-state index contributed by atoms with van der Waals surface area (Å²) in [4.78, 5) is 37.7. The number of Topliss-reactive ketones (excluding diaryl/α,β-unsaturated/α-hetero) is 1. The number of ketones is 1. The summed E-state index contributed by atoms with van der Waals surface area (Å²) in [6.07, 6.45) is 8.85. The second-order valence-electron chi connectivity index (χ2n) is 15.7. The fraction of sp³-hybridized carbons (Fsp3) is 0.853. The summed E-state index contributed by atoms with van der Waals surface area (Å²) in [5.74, 6) is 1.18. The minimum absolute atomic E-state index is 0.0792. The van der Waals surface area contributed by atoms with Crippen molar-refractivity contribution >= 4 is 29.3 Å². The maximum atomic E-state index is 13.6. The number of allylic oxidation sites excluding steroid dienone is 1. The van der Waals surface area contributed by atoms with E-state index >= 15 is 0 Å². The van der Waals surface area contributed by atoms with Gasteiger partial charge in [0.25, 0.3) is 0 Å². The monoisotopic (exact) mass is 574 g/mol. The van der Waals surface area contributed by atoms with Gasteiger partial charge in [0, 0.05) is 24.2 Å². The summed E-state index contributed by atoms with van der Waals surface area (Å²) in [6.45, 7) is 18.4. The Balaban J connectivity index is 1.53. The third kappa shape index (κ3) is 4.09. The molecule has 0 bridgehead atoms. The fourth-order valence-electron chi connectivity index (χ4n) is 11.5. The molecule has 0 heterocycles. The lowest BCUT2D eigenvalue weighted by Gasteiger charge is -2.72. The molecule has 40 heavy (non-hydrogen) atoms. The number of alkyl halides is 1. The van der Waals surface area contributed by atoms with Crippen LogP contribution in [0.25, 0.3) is 0 Å². The second kappa shape index (κ2) is 9.85.